The molecule has 0 aliphatic rings. The Kier molecular flexibility index (Phi) is 5.11. The molecular formula is C19H19BrN4. The van der Waals surface area contributed by atoms with Gasteiger partial charge >= 0.3 is 0 Å². The molecule has 3 aromatic rings. The lowest BCUT2D eigenvalue weighted by atomic mass is 10.2. The second-order valence-corrected chi connectivity index (χ2v) is 6.26. The van der Waals surface area contributed by atoms with Gasteiger partial charge in [-0.25, -0.2) is 4.98 Å². The first-order chi connectivity index (χ1) is 11.7. The second-order valence-electron chi connectivity index (χ2n) is 5.41. The van der Waals surface area contributed by atoms with E-state index in [-0.39, 0.29) is 0 Å². The number of benzene rings is 2. The van der Waals surface area contributed by atoms with E-state index in [1.54, 1.807) is 6.20 Å². The molecule has 2 aromatic carbocycles. The smallest absolute Gasteiger partial charge is 0.231 e. The molecule has 0 saturated heterocycles. The van der Waals surface area contributed by atoms with Gasteiger partial charge in [-0.05, 0) is 49.7 Å². The van der Waals surface area contributed by atoms with Crippen molar-refractivity contribution in [2.75, 3.05) is 16.8 Å². The zero-order chi connectivity index (χ0) is 16.9. The Balaban J connectivity index is 1.86. The number of hydrogen-bond donors (Lipinski definition) is 1. The molecule has 0 radical (unpaired) electrons. The average Bonchev–Trinajstić information content (AvgIpc) is 2.60. The van der Waals surface area contributed by atoms with E-state index in [1.165, 1.54) is 5.56 Å². The van der Waals surface area contributed by atoms with E-state index in [0.29, 0.717) is 5.95 Å². The lowest BCUT2D eigenvalue weighted by Gasteiger charge is -2.21. The highest BCUT2D eigenvalue weighted by atomic mass is 79.9. The topological polar surface area (TPSA) is 41.1 Å². The van der Waals surface area contributed by atoms with Crippen molar-refractivity contribution in [3.63, 3.8) is 0 Å². The van der Waals surface area contributed by atoms with E-state index in [1.807, 2.05) is 36.4 Å². The molecule has 0 amide bonds. The molecule has 0 saturated carbocycles. The summed E-state index contributed by atoms with van der Waals surface area (Å²) in [4.78, 5) is 11.2. The predicted molar refractivity (Wildman–Crippen MR) is 103 cm³/mol. The van der Waals surface area contributed by atoms with Crippen molar-refractivity contribution in [3.8, 4) is 0 Å². The number of anilines is 4. The number of halogens is 1. The summed E-state index contributed by atoms with van der Waals surface area (Å²) >= 11 is 3.56. The minimum atomic E-state index is 0.680. The molecule has 0 fully saturated rings. The highest BCUT2D eigenvalue weighted by molar-refractivity contribution is 9.10. The number of hydrogen-bond acceptors (Lipinski definition) is 4. The number of aryl methyl sites for hydroxylation is 1. The number of rotatable bonds is 5. The van der Waals surface area contributed by atoms with Gasteiger partial charge in [-0.1, -0.05) is 40.2 Å². The number of nitrogens with one attached hydrogen (secondary N) is 1. The molecule has 0 spiro atoms. The standard InChI is InChI=1S/C19H19BrN4/c1-3-24(16-7-5-4-6-8-16)19-21-12-11-18(23-19)22-15-10-9-14(2)17(20)13-15/h4-13H,3H2,1-2H3,(H,21,22,23). The minimum Gasteiger partial charge on any atom is -0.340 e. The van der Waals surface area contributed by atoms with Gasteiger partial charge in [0, 0.05) is 28.6 Å². The van der Waals surface area contributed by atoms with E-state index in [2.05, 4.69) is 68.2 Å². The summed E-state index contributed by atoms with van der Waals surface area (Å²) in [5.41, 5.74) is 3.26. The van der Waals surface area contributed by atoms with Gasteiger partial charge in [0.2, 0.25) is 5.95 Å². The van der Waals surface area contributed by atoms with Gasteiger partial charge in [0.15, 0.2) is 0 Å². The number of nitrogens with zero attached hydrogens (tertiary/aromatic N) is 3. The van der Waals surface area contributed by atoms with Crippen LogP contribution in [0.25, 0.3) is 0 Å². The van der Waals surface area contributed by atoms with Crippen LogP contribution in [-0.2, 0) is 0 Å². The fourth-order valence-corrected chi connectivity index (χ4v) is 2.79. The summed E-state index contributed by atoms with van der Waals surface area (Å²) in [5.74, 6) is 1.45. The molecule has 1 aromatic heterocycles. The minimum absolute atomic E-state index is 0.680. The maximum atomic E-state index is 4.66. The van der Waals surface area contributed by atoms with Crippen LogP contribution in [0, 0.1) is 6.92 Å². The van der Waals surface area contributed by atoms with E-state index in [0.717, 1.165) is 28.2 Å². The maximum Gasteiger partial charge on any atom is 0.231 e. The highest BCUT2D eigenvalue weighted by Crippen LogP contribution is 2.25. The summed E-state index contributed by atoms with van der Waals surface area (Å²) in [6, 6.07) is 18.2. The molecule has 0 aliphatic carbocycles. The van der Waals surface area contributed by atoms with Gasteiger partial charge in [-0.15, -0.1) is 0 Å². The van der Waals surface area contributed by atoms with Crippen LogP contribution in [0.15, 0.2) is 65.3 Å². The van der Waals surface area contributed by atoms with Crippen molar-refractivity contribution < 1.29 is 0 Å². The molecule has 0 bridgehead atoms. The molecule has 1 N–H and O–H groups in total. The van der Waals surface area contributed by atoms with Crippen molar-refractivity contribution >= 4 is 39.1 Å². The Labute approximate surface area is 150 Å². The Morgan fingerprint density at radius 3 is 2.58 bits per heavy atom. The van der Waals surface area contributed by atoms with E-state index >= 15 is 0 Å². The lowest BCUT2D eigenvalue weighted by Crippen LogP contribution is -2.18. The third-order valence-electron chi connectivity index (χ3n) is 3.71. The van der Waals surface area contributed by atoms with Crippen LogP contribution in [0.5, 0.6) is 0 Å². The van der Waals surface area contributed by atoms with Crippen molar-refractivity contribution in [1.82, 2.24) is 9.97 Å². The Morgan fingerprint density at radius 2 is 1.88 bits per heavy atom. The first-order valence-electron chi connectivity index (χ1n) is 7.86. The Morgan fingerprint density at radius 1 is 1.08 bits per heavy atom. The molecular weight excluding hydrogens is 364 g/mol. The molecule has 0 unspecified atom stereocenters. The van der Waals surface area contributed by atoms with Crippen molar-refractivity contribution in [2.24, 2.45) is 0 Å². The molecule has 0 atom stereocenters. The largest absolute Gasteiger partial charge is 0.340 e. The van der Waals surface area contributed by atoms with E-state index < -0.39 is 0 Å². The van der Waals surface area contributed by atoms with Gasteiger partial charge in [-0.2, -0.15) is 4.98 Å². The Bertz CT molecular complexity index is 821. The molecule has 24 heavy (non-hydrogen) atoms. The molecule has 0 aliphatic heterocycles. The summed E-state index contributed by atoms with van der Waals surface area (Å²) in [5, 5.41) is 3.34. The molecule has 1 heterocycles. The van der Waals surface area contributed by atoms with Crippen LogP contribution in [0.3, 0.4) is 0 Å². The van der Waals surface area contributed by atoms with Crippen LogP contribution in [0.1, 0.15) is 12.5 Å². The van der Waals surface area contributed by atoms with E-state index in [4.69, 9.17) is 0 Å². The second kappa shape index (κ2) is 7.45. The number of aromatic nitrogens is 2. The van der Waals surface area contributed by atoms with Crippen LogP contribution < -0.4 is 10.2 Å². The van der Waals surface area contributed by atoms with Crippen molar-refractivity contribution in [2.45, 2.75) is 13.8 Å². The maximum absolute atomic E-state index is 4.66. The summed E-state index contributed by atoms with van der Waals surface area (Å²) in [7, 11) is 0. The molecule has 122 valence electrons. The van der Waals surface area contributed by atoms with Crippen molar-refractivity contribution in [1.29, 1.82) is 0 Å². The first kappa shape index (κ1) is 16.5. The monoisotopic (exact) mass is 382 g/mol. The van der Waals surface area contributed by atoms with Crippen LogP contribution >= 0.6 is 15.9 Å². The van der Waals surface area contributed by atoms with Gasteiger partial charge in [-0.3, -0.25) is 0 Å². The van der Waals surface area contributed by atoms with Crippen LogP contribution in [0.2, 0.25) is 0 Å². The zero-order valence-electron chi connectivity index (χ0n) is 13.7. The van der Waals surface area contributed by atoms with Crippen LogP contribution in [-0.4, -0.2) is 16.5 Å². The third-order valence-corrected chi connectivity index (χ3v) is 4.57. The zero-order valence-corrected chi connectivity index (χ0v) is 15.3. The Hall–Kier alpha value is -2.40. The predicted octanol–water partition coefficient (Wildman–Crippen LogP) is 5.45. The van der Waals surface area contributed by atoms with Crippen LogP contribution in [0.4, 0.5) is 23.1 Å². The molecule has 4 nitrogen and oxygen atoms in total. The van der Waals surface area contributed by atoms with Gasteiger partial charge in [0.05, 0.1) is 0 Å². The first-order valence-corrected chi connectivity index (χ1v) is 8.65. The van der Waals surface area contributed by atoms with Crippen molar-refractivity contribution in [3.05, 3.63) is 70.8 Å². The SMILES string of the molecule is CCN(c1ccccc1)c1nccc(Nc2ccc(C)c(Br)c2)n1. The van der Waals surface area contributed by atoms with E-state index in [9.17, 15) is 0 Å². The molecule has 3 rings (SSSR count). The third kappa shape index (κ3) is 3.74. The fraction of sp³-hybridized carbons (Fsp3) is 0.158. The highest BCUT2D eigenvalue weighted by Gasteiger charge is 2.10. The molecule has 5 heteroatoms. The normalized spacial score (nSPS) is 10.5. The van der Waals surface area contributed by atoms with Gasteiger partial charge in [0.1, 0.15) is 5.82 Å². The lowest BCUT2D eigenvalue weighted by molar-refractivity contribution is 0.948. The summed E-state index contributed by atoms with van der Waals surface area (Å²) < 4.78 is 1.07. The summed E-state index contributed by atoms with van der Waals surface area (Å²) in [6.45, 7) is 4.95. The quantitative estimate of drug-likeness (QED) is 0.636. The number of para-hydroxylation sites is 1. The fourth-order valence-electron chi connectivity index (χ4n) is 2.41. The van der Waals surface area contributed by atoms with Gasteiger partial charge in [0.25, 0.3) is 0 Å². The average molecular weight is 383 g/mol. The summed E-state index contributed by atoms with van der Waals surface area (Å²) in [6.07, 6.45) is 1.78. The van der Waals surface area contributed by atoms with Gasteiger partial charge < -0.3 is 10.2 Å².